The molecular weight excluding hydrogens is 524 g/mol. The maximum absolute atomic E-state index is 12.8. The monoisotopic (exact) mass is 569 g/mol. The van der Waals surface area contributed by atoms with Crippen LogP contribution >= 0.6 is 22.9 Å². The Hall–Kier alpha value is -2.37. The molecule has 1 amide bonds. The number of unbranched alkanes of at least 4 members (excludes halogenated alkanes) is 11. The van der Waals surface area contributed by atoms with Crippen molar-refractivity contribution in [3.8, 4) is 5.75 Å². The lowest BCUT2D eigenvalue weighted by Crippen LogP contribution is -2.34. The van der Waals surface area contributed by atoms with E-state index in [9.17, 15) is 4.79 Å². The number of hydrogen-bond donors (Lipinski definition) is 1. The fourth-order valence-corrected chi connectivity index (χ4v) is 5.57. The van der Waals surface area contributed by atoms with Gasteiger partial charge in [0.25, 0.3) is 0 Å². The van der Waals surface area contributed by atoms with E-state index in [-0.39, 0.29) is 12.3 Å². The minimum absolute atomic E-state index is 0.0664. The van der Waals surface area contributed by atoms with Gasteiger partial charge in [-0.25, -0.2) is 0 Å². The minimum atomic E-state index is -0.0664. The topological polar surface area (TPSA) is 42.2 Å². The van der Waals surface area contributed by atoms with E-state index < -0.39 is 0 Å². The molecule has 0 aliphatic carbocycles. The summed E-state index contributed by atoms with van der Waals surface area (Å²) >= 11 is 7.97. The van der Waals surface area contributed by atoms with Crippen LogP contribution in [0.4, 0.5) is 5.69 Å². The van der Waals surface area contributed by atoms with E-state index >= 15 is 0 Å². The van der Waals surface area contributed by atoms with Gasteiger partial charge in [-0.05, 0) is 30.7 Å². The van der Waals surface area contributed by atoms with E-state index in [1.165, 1.54) is 81.2 Å². The Kier molecular flexibility index (Phi) is 14.4. The number of aryl methyl sites for hydroxylation is 1. The summed E-state index contributed by atoms with van der Waals surface area (Å²) in [5, 5.41) is 7.00. The molecule has 0 aliphatic heterocycles. The van der Waals surface area contributed by atoms with Crippen molar-refractivity contribution in [1.82, 2.24) is 0 Å². The number of halogens is 1. The van der Waals surface area contributed by atoms with Crippen LogP contribution in [0, 0.1) is 6.92 Å². The number of nitrogens with one attached hydrogen (secondary N) is 1. The van der Waals surface area contributed by atoms with Gasteiger partial charge >= 0.3 is 0 Å². The first kappa shape index (κ1) is 31.2. The van der Waals surface area contributed by atoms with Crippen LogP contribution in [0.25, 0.3) is 0 Å². The van der Waals surface area contributed by atoms with Crippen molar-refractivity contribution in [1.29, 1.82) is 0 Å². The summed E-state index contributed by atoms with van der Waals surface area (Å²) in [4.78, 5) is 12.8. The number of ether oxygens (including phenoxy) is 1. The van der Waals surface area contributed by atoms with Gasteiger partial charge in [0.05, 0.1) is 18.4 Å². The zero-order chi connectivity index (χ0) is 27.7. The maximum Gasteiger partial charge on any atom is 0.234 e. The lowest BCUT2D eigenvalue weighted by molar-refractivity contribution is -0.689. The first-order valence-electron chi connectivity index (χ1n) is 14.8. The number of amides is 1. The highest BCUT2D eigenvalue weighted by molar-refractivity contribution is 7.09. The van der Waals surface area contributed by atoms with Gasteiger partial charge in [0.1, 0.15) is 5.75 Å². The number of carbonyl (C=O) groups excluding carboxylic acids is 1. The van der Waals surface area contributed by atoms with Crippen molar-refractivity contribution in [2.45, 2.75) is 104 Å². The third-order valence-corrected chi connectivity index (χ3v) is 8.18. The van der Waals surface area contributed by atoms with Crippen LogP contribution in [0.1, 0.15) is 100 Å². The predicted molar refractivity (Wildman–Crippen MR) is 165 cm³/mol. The molecule has 0 aliphatic rings. The second kappa shape index (κ2) is 18.1. The Morgan fingerprint density at radius 1 is 0.897 bits per heavy atom. The van der Waals surface area contributed by atoms with Gasteiger partial charge in [0, 0.05) is 28.8 Å². The van der Waals surface area contributed by atoms with Crippen LogP contribution in [0.3, 0.4) is 0 Å². The van der Waals surface area contributed by atoms with Gasteiger partial charge in [0.15, 0.2) is 12.7 Å². The van der Waals surface area contributed by atoms with Crippen LogP contribution in [-0.4, -0.2) is 12.5 Å². The average molecular weight is 570 g/mol. The summed E-state index contributed by atoms with van der Waals surface area (Å²) in [6, 6.07) is 13.6. The zero-order valence-corrected chi connectivity index (χ0v) is 25.4. The summed E-state index contributed by atoms with van der Waals surface area (Å²) in [5.74, 6) is 0.641. The molecule has 0 radical (unpaired) electrons. The van der Waals surface area contributed by atoms with Gasteiger partial charge < -0.3 is 10.1 Å². The van der Waals surface area contributed by atoms with Crippen molar-refractivity contribution in [2.75, 3.05) is 11.9 Å². The van der Waals surface area contributed by atoms with Crippen molar-refractivity contribution in [3.05, 3.63) is 75.2 Å². The normalized spacial score (nSPS) is 11.1. The van der Waals surface area contributed by atoms with Crippen LogP contribution in [0.2, 0.25) is 5.02 Å². The largest absolute Gasteiger partial charge is 0.493 e. The average Bonchev–Trinajstić information content (AvgIpc) is 3.33. The molecule has 0 fully saturated rings. The molecule has 1 N–H and O–H groups in total. The molecule has 212 valence electrons. The molecule has 0 saturated heterocycles. The number of aromatic nitrogens is 1. The highest BCUT2D eigenvalue weighted by Gasteiger charge is 2.12. The lowest BCUT2D eigenvalue weighted by atomic mass is 10.1. The number of rotatable bonds is 19. The molecule has 3 aromatic rings. The van der Waals surface area contributed by atoms with Crippen LogP contribution in [0.15, 0.2) is 54.0 Å². The summed E-state index contributed by atoms with van der Waals surface area (Å²) < 4.78 is 8.29. The fourth-order valence-electron chi connectivity index (χ4n) is 4.74. The molecule has 39 heavy (non-hydrogen) atoms. The van der Waals surface area contributed by atoms with E-state index in [1.807, 2.05) is 30.3 Å². The van der Waals surface area contributed by atoms with E-state index in [0.29, 0.717) is 17.4 Å². The van der Waals surface area contributed by atoms with Crippen LogP contribution in [0.5, 0.6) is 5.75 Å². The Labute approximate surface area is 244 Å². The standard InChI is InChI=1S/C33H45ClN2O2S/c1-3-4-5-6-7-8-9-10-11-12-13-14-22-38-32-25-30(34)18-17-29(32)24-33(37)35-31-19-15-28(16-20-31)26-36-21-23-39-27(36)2/h15-21,23,25H,3-14,22,24,26H2,1-2H3/p+1. The molecule has 1 heterocycles. The quantitative estimate of drug-likeness (QED) is 0.115. The minimum Gasteiger partial charge on any atom is -0.493 e. The first-order chi connectivity index (χ1) is 19.0. The van der Waals surface area contributed by atoms with Gasteiger partial charge in [-0.3, -0.25) is 4.79 Å². The molecule has 4 nitrogen and oxygen atoms in total. The number of carbonyl (C=O) groups is 1. The number of anilines is 1. The SMILES string of the molecule is CCCCCCCCCCCCCCOc1cc(Cl)ccc1CC(=O)Nc1ccc(C[n+]2ccsc2C)cc1. The summed E-state index contributed by atoms with van der Waals surface area (Å²) in [6.07, 6.45) is 18.1. The predicted octanol–water partition coefficient (Wildman–Crippen LogP) is 9.31. The number of nitrogens with zero attached hydrogens (tertiary/aromatic N) is 1. The molecule has 0 atom stereocenters. The molecule has 2 aromatic carbocycles. The molecule has 3 rings (SSSR count). The molecule has 0 bridgehead atoms. The maximum atomic E-state index is 12.8. The highest BCUT2D eigenvalue weighted by Crippen LogP contribution is 2.25. The Bertz CT molecular complexity index is 1110. The van der Waals surface area contributed by atoms with Crippen molar-refractivity contribution in [3.63, 3.8) is 0 Å². The second-order valence-corrected chi connectivity index (χ2v) is 12.0. The van der Waals surface area contributed by atoms with Crippen molar-refractivity contribution >= 4 is 34.5 Å². The third kappa shape index (κ3) is 12.1. The van der Waals surface area contributed by atoms with Gasteiger partial charge in [-0.2, -0.15) is 4.57 Å². The van der Waals surface area contributed by atoms with Crippen molar-refractivity contribution in [2.24, 2.45) is 0 Å². The molecule has 0 saturated carbocycles. The molecule has 0 spiro atoms. The summed E-state index contributed by atoms with van der Waals surface area (Å²) in [6.45, 7) is 5.86. The Balaban J connectivity index is 1.34. The van der Waals surface area contributed by atoms with E-state index in [4.69, 9.17) is 16.3 Å². The molecule has 6 heteroatoms. The van der Waals surface area contributed by atoms with Crippen LogP contribution < -0.4 is 14.6 Å². The van der Waals surface area contributed by atoms with Gasteiger partial charge in [-0.15, -0.1) is 0 Å². The highest BCUT2D eigenvalue weighted by atomic mass is 35.5. The van der Waals surface area contributed by atoms with Crippen LogP contribution in [-0.2, 0) is 17.8 Å². The third-order valence-electron chi connectivity index (χ3n) is 7.11. The molecule has 0 unspecified atom stereocenters. The lowest BCUT2D eigenvalue weighted by Gasteiger charge is -2.13. The van der Waals surface area contributed by atoms with Gasteiger partial charge in [0.2, 0.25) is 10.9 Å². The number of benzene rings is 2. The van der Waals surface area contributed by atoms with E-state index in [0.717, 1.165) is 24.2 Å². The smallest absolute Gasteiger partial charge is 0.234 e. The number of hydrogen-bond acceptors (Lipinski definition) is 3. The first-order valence-corrected chi connectivity index (χ1v) is 16.0. The van der Waals surface area contributed by atoms with Crippen molar-refractivity contribution < 1.29 is 14.1 Å². The zero-order valence-electron chi connectivity index (χ0n) is 23.9. The van der Waals surface area contributed by atoms with E-state index in [2.05, 4.69) is 47.4 Å². The summed E-state index contributed by atoms with van der Waals surface area (Å²) in [5.41, 5.74) is 2.85. The number of thiazole rings is 1. The van der Waals surface area contributed by atoms with Gasteiger partial charge in [-0.1, -0.05) is 119 Å². The van der Waals surface area contributed by atoms with E-state index in [1.54, 1.807) is 11.3 Å². The fraction of sp³-hybridized carbons (Fsp3) is 0.515. The molecular formula is C33H46ClN2O2S+. The molecule has 1 aromatic heterocycles. The summed E-state index contributed by atoms with van der Waals surface area (Å²) in [7, 11) is 0. The Morgan fingerprint density at radius 3 is 2.15 bits per heavy atom. The Morgan fingerprint density at radius 2 is 1.54 bits per heavy atom. The second-order valence-electron chi connectivity index (χ2n) is 10.5.